The molecule has 1 aromatic carbocycles. The number of carbonyl (C=O) groups is 1. The van der Waals surface area contributed by atoms with E-state index in [9.17, 15) is 4.79 Å². The zero-order valence-electron chi connectivity index (χ0n) is 14.3. The van der Waals surface area contributed by atoms with Crippen LogP contribution < -0.4 is 0 Å². The Labute approximate surface area is 139 Å². The summed E-state index contributed by atoms with van der Waals surface area (Å²) < 4.78 is 9.84. The molecule has 0 spiro atoms. The highest BCUT2D eigenvalue weighted by Gasteiger charge is 2.16. The highest BCUT2D eigenvalue weighted by Crippen LogP contribution is 2.21. The Morgan fingerprint density at radius 3 is 2.74 bits per heavy atom. The molecule has 0 amide bonds. The van der Waals surface area contributed by atoms with Crippen LogP contribution in [0.15, 0.2) is 36.6 Å². The van der Waals surface area contributed by atoms with Gasteiger partial charge in [0.05, 0.1) is 20.5 Å². The van der Waals surface area contributed by atoms with E-state index >= 15 is 0 Å². The molecule has 0 aliphatic rings. The van der Waals surface area contributed by atoms with Crippen molar-refractivity contribution in [2.24, 2.45) is 0 Å². The number of unbranched alkanes of at least 4 members (excludes halogenated alkanes) is 2. The van der Waals surface area contributed by atoms with Crippen LogP contribution >= 0.6 is 0 Å². The number of hydrogen-bond donors (Lipinski definition) is 0. The number of rotatable bonds is 6. The minimum atomic E-state index is -0.447. The van der Waals surface area contributed by atoms with E-state index < -0.39 is 5.97 Å². The molecule has 0 saturated heterocycles. The quantitative estimate of drug-likeness (QED) is 0.259. The third-order valence-corrected chi connectivity index (χ3v) is 3.24. The highest BCUT2D eigenvalue weighted by molar-refractivity contribution is 6.16. The summed E-state index contributed by atoms with van der Waals surface area (Å²) >= 11 is 0. The van der Waals surface area contributed by atoms with Crippen LogP contribution in [0.25, 0.3) is 5.57 Å². The first-order valence-electron chi connectivity index (χ1n) is 7.72. The third-order valence-electron chi connectivity index (χ3n) is 3.24. The fourth-order valence-corrected chi connectivity index (χ4v) is 2.03. The number of esters is 1. The number of aryl methyl sites for hydroxylation is 1. The molecule has 1 aromatic rings. The lowest BCUT2D eigenvalue weighted by molar-refractivity contribution is -0.133. The van der Waals surface area contributed by atoms with Crippen LogP contribution in [-0.4, -0.2) is 20.2 Å². The molecule has 3 nitrogen and oxygen atoms in total. The van der Waals surface area contributed by atoms with Gasteiger partial charge < -0.3 is 9.47 Å². The molecular weight excluding hydrogens is 288 g/mol. The lowest BCUT2D eigenvalue weighted by atomic mass is 9.98. The molecule has 3 heteroatoms. The van der Waals surface area contributed by atoms with E-state index in [4.69, 9.17) is 9.47 Å². The van der Waals surface area contributed by atoms with Crippen molar-refractivity contribution in [2.75, 3.05) is 14.2 Å². The predicted molar refractivity (Wildman–Crippen MR) is 93.7 cm³/mol. The summed E-state index contributed by atoms with van der Waals surface area (Å²) in [5.41, 5.74) is 2.92. The molecule has 0 atom stereocenters. The van der Waals surface area contributed by atoms with Gasteiger partial charge in [-0.25, -0.2) is 4.79 Å². The zero-order valence-corrected chi connectivity index (χ0v) is 14.3. The molecule has 0 aliphatic carbocycles. The normalized spacial score (nSPS) is 11.0. The summed E-state index contributed by atoms with van der Waals surface area (Å²) in [6.07, 6.45) is 8.68. The van der Waals surface area contributed by atoms with E-state index in [1.54, 1.807) is 0 Å². The fraction of sp³-hybridized carbons (Fsp3) is 0.350. The summed E-state index contributed by atoms with van der Waals surface area (Å²) in [5, 5.41) is 0. The Morgan fingerprint density at radius 1 is 1.30 bits per heavy atom. The number of ether oxygens (including phenoxy) is 2. The van der Waals surface area contributed by atoms with Gasteiger partial charge in [0.2, 0.25) is 0 Å². The Kier molecular flexibility index (Phi) is 8.31. The number of methoxy groups -OCH3 is 2. The van der Waals surface area contributed by atoms with Gasteiger partial charge in [0.1, 0.15) is 5.57 Å². The second-order valence-electron chi connectivity index (χ2n) is 5.12. The number of allylic oxidation sites excluding steroid dienone is 2. The molecule has 122 valence electrons. The Balaban J connectivity index is 3.15. The molecule has 0 aliphatic heterocycles. The van der Waals surface area contributed by atoms with Crippen LogP contribution in [0, 0.1) is 18.8 Å². The molecule has 0 saturated carbocycles. The summed E-state index contributed by atoms with van der Waals surface area (Å²) in [4.78, 5) is 12.0. The third kappa shape index (κ3) is 6.04. The van der Waals surface area contributed by atoms with Crippen LogP contribution in [0.2, 0.25) is 0 Å². The maximum Gasteiger partial charge on any atom is 0.341 e. The van der Waals surface area contributed by atoms with Crippen LogP contribution in [0.1, 0.15) is 42.9 Å². The van der Waals surface area contributed by atoms with Crippen LogP contribution in [-0.2, 0) is 14.3 Å². The summed E-state index contributed by atoms with van der Waals surface area (Å²) in [7, 11) is 2.85. The fourth-order valence-electron chi connectivity index (χ4n) is 2.03. The van der Waals surface area contributed by atoms with E-state index in [0.29, 0.717) is 11.1 Å². The number of hydrogen-bond acceptors (Lipinski definition) is 3. The van der Waals surface area contributed by atoms with Crippen molar-refractivity contribution in [1.82, 2.24) is 0 Å². The van der Waals surface area contributed by atoms with E-state index in [1.807, 2.05) is 31.2 Å². The second kappa shape index (κ2) is 10.3. The van der Waals surface area contributed by atoms with Gasteiger partial charge >= 0.3 is 5.97 Å². The van der Waals surface area contributed by atoms with Gasteiger partial charge in [0.25, 0.3) is 0 Å². The highest BCUT2D eigenvalue weighted by atomic mass is 16.5. The predicted octanol–water partition coefficient (Wildman–Crippen LogP) is 4.25. The molecule has 0 aromatic heterocycles. The van der Waals surface area contributed by atoms with Gasteiger partial charge in [0.15, 0.2) is 0 Å². The Bertz CT molecular complexity index is 643. The lowest BCUT2D eigenvalue weighted by Crippen LogP contribution is -2.06. The van der Waals surface area contributed by atoms with Crippen molar-refractivity contribution < 1.29 is 14.3 Å². The van der Waals surface area contributed by atoms with Crippen molar-refractivity contribution in [3.05, 3.63) is 53.3 Å². The van der Waals surface area contributed by atoms with Crippen LogP contribution in [0.3, 0.4) is 0 Å². The molecule has 0 bridgehead atoms. The van der Waals surface area contributed by atoms with E-state index in [0.717, 1.165) is 24.0 Å². The first kappa shape index (κ1) is 18.6. The van der Waals surface area contributed by atoms with Crippen molar-refractivity contribution in [3.8, 4) is 11.8 Å². The topological polar surface area (TPSA) is 35.5 Å². The number of benzene rings is 1. The monoisotopic (exact) mass is 312 g/mol. The van der Waals surface area contributed by atoms with Gasteiger partial charge in [-0.05, 0) is 31.1 Å². The van der Waals surface area contributed by atoms with Gasteiger partial charge in [-0.3, -0.25) is 0 Å². The molecule has 0 unspecified atom stereocenters. The van der Waals surface area contributed by atoms with Gasteiger partial charge in [-0.1, -0.05) is 49.8 Å². The molecule has 0 N–H and O–H groups in total. The smallest absolute Gasteiger partial charge is 0.341 e. The van der Waals surface area contributed by atoms with Crippen molar-refractivity contribution in [2.45, 2.75) is 33.1 Å². The average Bonchev–Trinajstić information content (AvgIpc) is 2.56. The summed E-state index contributed by atoms with van der Waals surface area (Å²) in [6.45, 7) is 4.15. The molecular formula is C20H24O3. The summed E-state index contributed by atoms with van der Waals surface area (Å²) in [6, 6.07) is 5.75. The van der Waals surface area contributed by atoms with Gasteiger partial charge in [0, 0.05) is 11.1 Å². The standard InChI is InChI=1S/C20H24O3/c1-5-6-7-8-9-10-11-17-14-16(2)12-13-18(17)19(15-22-3)20(21)23-4/h8-9,12-15H,5-7H2,1-4H3/b9-8+,19-15+. The summed E-state index contributed by atoms with van der Waals surface area (Å²) in [5.74, 6) is 5.69. The Morgan fingerprint density at radius 2 is 2.09 bits per heavy atom. The number of carbonyl (C=O) groups excluding carboxylic acids is 1. The first-order valence-corrected chi connectivity index (χ1v) is 7.72. The van der Waals surface area contributed by atoms with Gasteiger partial charge in [-0.2, -0.15) is 0 Å². The van der Waals surface area contributed by atoms with E-state index in [2.05, 4.69) is 24.8 Å². The molecule has 0 heterocycles. The van der Waals surface area contributed by atoms with Crippen molar-refractivity contribution in [3.63, 3.8) is 0 Å². The van der Waals surface area contributed by atoms with Crippen molar-refractivity contribution >= 4 is 11.5 Å². The van der Waals surface area contributed by atoms with E-state index in [-0.39, 0.29) is 0 Å². The average molecular weight is 312 g/mol. The minimum Gasteiger partial charge on any atom is -0.503 e. The minimum absolute atomic E-state index is 0.356. The first-order chi connectivity index (χ1) is 11.1. The largest absolute Gasteiger partial charge is 0.503 e. The molecule has 0 radical (unpaired) electrons. The Hall–Kier alpha value is -2.47. The van der Waals surface area contributed by atoms with Gasteiger partial charge in [-0.15, -0.1) is 0 Å². The molecule has 0 fully saturated rings. The maximum atomic E-state index is 12.0. The zero-order chi connectivity index (χ0) is 17.1. The van der Waals surface area contributed by atoms with Crippen LogP contribution in [0.5, 0.6) is 0 Å². The lowest BCUT2D eigenvalue weighted by Gasteiger charge is -2.08. The van der Waals surface area contributed by atoms with Crippen LogP contribution in [0.4, 0.5) is 0 Å². The maximum absolute atomic E-state index is 12.0. The molecule has 23 heavy (non-hydrogen) atoms. The molecule has 1 rings (SSSR count). The SMILES string of the molecule is CCCC/C=C/C#Cc1cc(C)ccc1/C(=C\OC)C(=O)OC. The second-order valence-corrected chi connectivity index (χ2v) is 5.12. The van der Waals surface area contributed by atoms with Crippen molar-refractivity contribution in [1.29, 1.82) is 0 Å². The van der Waals surface area contributed by atoms with E-state index in [1.165, 1.54) is 26.9 Å².